The smallest absolute Gasteiger partial charge is 0.212 e. The van der Waals surface area contributed by atoms with Crippen molar-refractivity contribution in [3.05, 3.63) is 6.42 Å². The molecule has 2 atom stereocenters. The molecule has 0 aromatic heterocycles. The summed E-state index contributed by atoms with van der Waals surface area (Å²) in [4.78, 5) is 0. The number of hydrogen-bond acceptors (Lipinski definition) is 4. The average molecular weight is 227 g/mol. The summed E-state index contributed by atoms with van der Waals surface area (Å²) >= 11 is 0. The number of hydrogen-bond donors (Lipinski definition) is 2. The summed E-state index contributed by atoms with van der Waals surface area (Å²) in [5.41, 5.74) is 0. The van der Waals surface area contributed by atoms with Gasteiger partial charge in [0.1, 0.15) is 0 Å². The van der Waals surface area contributed by atoms with E-state index in [9.17, 15) is 16.8 Å². The van der Waals surface area contributed by atoms with E-state index in [0.29, 0.717) is 0 Å². The Kier molecular flexibility index (Phi) is 2.68. The van der Waals surface area contributed by atoms with E-state index < -0.39 is 30.5 Å². The summed E-state index contributed by atoms with van der Waals surface area (Å²) in [6.07, 6.45) is 1.63. The molecule has 1 rings (SSSR count). The van der Waals surface area contributed by atoms with Crippen molar-refractivity contribution < 1.29 is 16.8 Å². The highest BCUT2D eigenvalue weighted by molar-refractivity contribution is 7.91. The van der Waals surface area contributed by atoms with Gasteiger partial charge in [0.25, 0.3) is 0 Å². The molecule has 0 spiro atoms. The first kappa shape index (κ1) is 10.9. The third-order valence-electron chi connectivity index (χ3n) is 2.01. The quantitative estimate of drug-likeness (QED) is 0.584. The van der Waals surface area contributed by atoms with Crippen molar-refractivity contribution in [2.24, 2.45) is 10.3 Å². The van der Waals surface area contributed by atoms with Crippen LogP contribution in [0.2, 0.25) is 0 Å². The van der Waals surface area contributed by atoms with Crippen molar-refractivity contribution in [3.8, 4) is 0 Å². The third-order valence-corrected chi connectivity index (χ3v) is 4.48. The maximum atomic E-state index is 10.8. The fourth-order valence-corrected chi connectivity index (χ4v) is 3.15. The molecule has 4 N–H and O–H groups in total. The molecular formula is C5H11N2O4S2. The molecule has 0 aliphatic heterocycles. The first-order valence-electron chi connectivity index (χ1n) is 3.59. The van der Waals surface area contributed by atoms with Crippen LogP contribution in [0.4, 0.5) is 0 Å². The van der Waals surface area contributed by atoms with Gasteiger partial charge in [0.2, 0.25) is 20.0 Å². The lowest BCUT2D eigenvalue weighted by atomic mass is 10.4. The van der Waals surface area contributed by atoms with E-state index in [1.807, 2.05) is 0 Å². The molecule has 1 aliphatic carbocycles. The molecule has 0 bridgehead atoms. The average Bonchev–Trinajstić information content (AvgIpc) is 2.28. The Morgan fingerprint density at radius 1 is 0.923 bits per heavy atom. The van der Waals surface area contributed by atoms with Crippen LogP contribution in [-0.2, 0) is 20.0 Å². The van der Waals surface area contributed by atoms with E-state index in [2.05, 4.69) is 0 Å². The molecule has 13 heavy (non-hydrogen) atoms. The Labute approximate surface area is 77.4 Å². The highest BCUT2D eigenvalue weighted by atomic mass is 32.2. The van der Waals surface area contributed by atoms with Gasteiger partial charge in [-0.2, -0.15) is 0 Å². The van der Waals surface area contributed by atoms with E-state index >= 15 is 0 Å². The van der Waals surface area contributed by atoms with Gasteiger partial charge >= 0.3 is 0 Å². The van der Waals surface area contributed by atoms with Crippen molar-refractivity contribution in [1.29, 1.82) is 0 Å². The number of rotatable bonds is 2. The summed E-state index contributed by atoms with van der Waals surface area (Å²) in [6.45, 7) is 0. The Balaban J connectivity index is 2.77. The Hall–Kier alpha value is -0.180. The lowest BCUT2D eigenvalue weighted by molar-refractivity contribution is 0.586. The van der Waals surface area contributed by atoms with Gasteiger partial charge in [-0.1, -0.05) is 0 Å². The van der Waals surface area contributed by atoms with E-state index in [4.69, 9.17) is 10.3 Å². The molecule has 0 heterocycles. The van der Waals surface area contributed by atoms with Crippen LogP contribution in [0.5, 0.6) is 0 Å². The molecule has 0 aromatic carbocycles. The number of nitrogens with two attached hydrogens (primary N) is 2. The molecule has 6 nitrogen and oxygen atoms in total. The largest absolute Gasteiger partial charge is 0.228 e. The number of primary sulfonamides is 2. The molecule has 1 fully saturated rings. The summed E-state index contributed by atoms with van der Waals surface area (Å²) in [5.74, 6) is 0. The van der Waals surface area contributed by atoms with Crippen LogP contribution in [0.1, 0.15) is 12.8 Å². The van der Waals surface area contributed by atoms with Crippen molar-refractivity contribution in [2.75, 3.05) is 0 Å². The molecule has 77 valence electrons. The zero-order valence-electron chi connectivity index (χ0n) is 6.75. The molecule has 1 saturated carbocycles. The molecule has 1 aliphatic rings. The van der Waals surface area contributed by atoms with Crippen molar-refractivity contribution in [3.63, 3.8) is 0 Å². The SMILES string of the molecule is NS(=O)(=O)C1[CH]C(S(N)(=O)=O)CC1. The van der Waals surface area contributed by atoms with Crippen LogP contribution in [0.15, 0.2) is 0 Å². The molecule has 2 unspecified atom stereocenters. The van der Waals surface area contributed by atoms with E-state index in [0.717, 1.165) is 0 Å². The van der Waals surface area contributed by atoms with Gasteiger partial charge in [-0.15, -0.1) is 0 Å². The molecule has 1 radical (unpaired) electrons. The lowest BCUT2D eigenvalue weighted by Crippen LogP contribution is -2.31. The molecule has 0 aromatic rings. The second kappa shape index (κ2) is 3.19. The second-order valence-corrected chi connectivity index (χ2v) is 6.59. The lowest BCUT2D eigenvalue weighted by Gasteiger charge is -2.06. The van der Waals surface area contributed by atoms with Gasteiger partial charge in [-0.3, -0.25) is 0 Å². The summed E-state index contributed by atoms with van der Waals surface area (Å²) in [5, 5.41) is 7.95. The van der Waals surface area contributed by atoms with Crippen LogP contribution in [0, 0.1) is 6.42 Å². The first-order chi connectivity index (χ1) is 5.71. The van der Waals surface area contributed by atoms with Crippen LogP contribution in [-0.4, -0.2) is 27.3 Å². The first-order valence-corrected chi connectivity index (χ1v) is 6.81. The minimum atomic E-state index is -3.67. The molecule has 8 heteroatoms. The van der Waals surface area contributed by atoms with Crippen LogP contribution in [0.3, 0.4) is 0 Å². The summed E-state index contributed by atoms with van der Waals surface area (Å²) in [7, 11) is -7.34. The molecule has 0 amide bonds. The van der Waals surface area contributed by atoms with Gasteiger partial charge in [-0.25, -0.2) is 27.1 Å². The van der Waals surface area contributed by atoms with E-state index in [1.165, 1.54) is 6.42 Å². The summed E-state index contributed by atoms with van der Waals surface area (Å²) in [6, 6.07) is 0. The monoisotopic (exact) mass is 227 g/mol. The zero-order valence-corrected chi connectivity index (χ0v) is 8.38. The highest BCUT2D eigenvalue weighted by Gasteiger charge is 2.37. The minimum Gasteiger partial charge on any atom is -0.228 e. The predicted octanol–water partition coefficient (Wildman–Crippen LogP) is -1.70. The van der Waals surface area contributed by atoms with Gasteiger partial charge in [0.15, 0.2) is 0 Å². The fraction of sp³-hybridized carbons (Fsp3) is 0.800. The maximum Gasteiger partial charge on any atom is 0.212 e. The maximum absolute atomic E-state index is 10.8. The second-order valence-electron chi connectivity index (χ2n) is 3.02. The van der Waals surface area contributed by atoms with Crippen LogP contribution >= 0.6 is 0 Å². The normalized spacial score (nSPS) is 30.6. The van der Waals surface area contributed by atoms with Crippen LogP contribution < -0.4 is 10.3 Å². The standard InChI is InChI=1S/C5H11N2O4S2/c6-12(8,9)4-1-2-5(3-4)13(7,10)11/h3-5H,1-2H2,(H2,6,8,9)(H2,7,10,11). The van der Waals surface area contributed by atoms with Crippen molar-refractivity contribution in [1.82, 2.24) is 0 Å². The third kappa shape index (κ3) is 2.63. The number of sulfonamides is 2. The van der Waals surface area contributed by atoms with Gasteiger partial charge in [-0.05, 0) is 12.8 Å². The molecule has 0 saturated heterocycles. The fourth-order valence-electron chi connectivity index (χ4n) is 1.31. The van der Waals surface area contributed by atoms with Gasteiger partial charge < -0.3 is 0 Å². The Morgan fingerprint density at radius 3 is 1.38 bits per heavy atom. The Morgan fingerprint density at radius 2 is 1.23 bits per heavy atom. The van der Waals surface area contributed by atoms with E-state index in [-0.39, 0.29) is 12.8 Å². The minimum absolute atomic E-state index is 0.222. The topological polar surface area (TPSA) is 120 Å². The molecular weight excluding hydrogens is 216 g/mol. The zero-order chi connectivity index (χ0) is 10.3. The van der Waals surface area contributed by atoms with Gasteiger partial charge in [0.05, 0.1) is 10.5 Å². The summed E-state index contributed by atoms with van der Waals surface area (Å²) < 4.78 is 43.3. The van der Waals surface area contributed by atoms with Gasteiger partial charge in [0, 0.05) is 6.42 Å². The highest BCUT2D eigenvalue weighted by Crippen LogP contribution is 2.26. The Bertz CT molecular complexity index is 347. The van der Waals surface area contributed by atoms with Crippen molar-refractivity contribution >= 4 is 20.0 Å². The predicted molar refractivity (Wildman–Crippen MR) is 47.3 cm³/mol. The van der Waals surface area contributed by atoms with Crippen LogP contribution in [0.25, 0.3) is 0 Å². The van der Waals surface area contributed by atoms with E-state index in [1.54, 1.807) is 0 Å². The van der Waals surface area contributed by atoms with Crippen molar-refractivity contribution in [2.45, 2.75) is 23.3 Å².